The van der Waals surface area contributed by atoms with Crippen LogP contribution in [0.2, 0.25) is 0 Å². The molecule has 3 aromatic heterocycles. The number of fused-ring (bicyclic) bond motifs is 1. The van der Waals surface area contributed by atoms with Gasteiger partial charge in [-0.25, -0.2) is 19.3 Å². The second-order valence-electron chi connectivity index (χ2n) is 8.25. The number of carbonyl (C=O) groups excluding carboxylic acids is 1. The largest absolute Gasteiger partial charge is 0.383 e. The van der Waals surface area contributed by atoms with Gasteiger partial charge < -0.3 is 10.6 Å². The number of hydrogen-bond acceptors (Lipinski definition) is 7. The van der Waals surface area contributed by atoms with Crippen LogP contribution in [0.3, 0.4) is 0 Å². The topological polar surface area (TPSA) is 122 Å². The second kappa shape index (κ2) is 10.7. The van der Waals surface area contributed by atoms with Crippen molar-refractivity contribution in [3.05, 3.63) is 89.0 Å². The lowest BCUT2D eigenvalue weighted by molar-refractivity contribution is 0.0718. The predicted molar refractivity (Wildman–Crippen MR) is 129 cm³/mol. The molecule has 1 amide bonds. The Hall–Kier alpha value is -4.45. The molecule has 5 rings (SSSR count). The van der Waals surface area contributed by atoms with E-state index >= 15 is 0 Å². The van der Waals surface area contributed by atoms with Gasteiger partial charge in [-0.3, -0.25) is 9.78 Å². The minimum absolute atomic E-state index is 0.0534. The van der Waals surface area contributed by atoms with Gasteiger partial charge in [0.15, 0.2) is 0 Å². The smallest absolute Gasteiger partial charge is 0.257 e. The van der Waals surface area contributed by atoms with Gasteiger partial charge in [-0.2, -0.15) is 5.26 Å². The highest BCUT2D eigenvalue weighted by Crippen LogP contribution is 2.23. The van der Waals surface area contributed by atoms with Crippen LogP contribution in [0.25, 0.3) is 10.9 Å². The Kier molecular flexibility index (Phi) is 7.21. The van der Waals surface area contributed by atoms with Gasteiger partial charge in [-0.15, -0.1) is 0 Å². The zero-order valence-corrected chi connectivity index (χ0v) is 19.3. The van der Waals surface area contributed by atoms with E-state index in [0.717, 1.165) is 5.56 Å². The Morgan fingerprint density at radius 2 is 1.86 bits per heavy atom. The molecule has 0 aliphatic heterocycles. The summed E-state index contributed by atoms with van der Waals surface area (Å²) in [7, 11) is 0. The van der Waals surface area contributed by atoms with Crippen LogP contribution >= 0.6 is 0 Å². The van der Waals surface area contributed by atoms with Gasteiger partial charge in [0.1, 0.15) is 23.5 Å². The number of pyridine rings is 2. The highest BCUT2D eigenvalue weighted by molar-refractivity contribution is 5.98. The average molecular weight is 470 g/mol. The molecule has 0 bridgehead atoms. The molecule has 1 fully saturated rings. The molecule has 0 saturated heterocycles. The standard InChI is InChI=1S/C23H18FN7O.C3H6/c1-14-7-16-8-18(19(24)9-20(16)30-22(14)26)23(32)31(13-21-27-5-2-6-28-21)12-17-4-3-15(10-25)11-29-17;1-2-3-1/h2-9,11H,12-13H2,1H3,(H2,26,30);1-3H2. The van der Waals surface area contributed by atoms with Crippen molar-refractivity contribution in [1.82, 2.24) is 24.8 Å². The van der Waals surface area contributed by atoms with Crippen LogP contribution in [-0.4, -0.2) is 30.7 Å². The molecule has 1 aromatic carbocycles. The molecule has 0 radical (unpaired) electrons. The third kappa shape index (κ3) is 6.12. The fourth-order valence-corrected chi connectivity index (χ4v) is 3.21. The third-order valence-corrected chi connectivity index (χ3v) is 5.26. The second-order valence-corrected chi connectivity index (χ2v) is 8.25. The third-order valence-electron chi connectivity index (χ3n) is 5.26. The Balaban J connectivity index is 0.000000894. The summed E-state index contributed by atoms with van der Waals surface area (Å²) in [5.41, 5.74) is 7.77. The molecule has 35 heavy (non-hydrogen) atoms. The summed E-state index contributed by atoms with van der Waals surface area (Å²) >= 11 is 0. The zero-order valence-electron chi connectivity index (χ0n) is 19.3. The van der Waals surface area contributed by atoms with E-state index in [1.807, 2.05) is 6.07 Å². The zero-order chi connectivity index (χ0) is 24.8. The lowest BCUT2D eigenvalue weighted by Gasteiger charge is -2.22. The number of hydrogen-bond donors (Lipinski definition) is 1. The van der Waals surface area contributed by atoms with E-state index in [1.165, 1.54) is 42.5 Å². The number of nitriles is 1. The number of aromatic nitrogens is 4. The normalized spacial score (nSPS) is 11.8. The van der Waals surface area contributed by atoms with Gasteiger partial charge in [-0.05, 0) is 42.8 Å². The van der Waals surface area contributed by atoms with Crippen molar-refractivity contribution in [3.8, 4) is 6.07 Å². The molecule has 1 aliphatic carbocycles. The first-order chi connectivity index (χ1) is 16.9. The number of nitrogens with zero attached hydrogens (tertiary/aromatic N) is 6. The monoisotopic (exact) mass is 469 g/mol. The molecule has 1 saturated carbocycles. The quantitative estimate of drug-likeness (QED) is 0.461. The van der Waals surface area contributed by atoms with Gasteiger partial charge in [0.25, 0.3) is 5.91 Å². The molecule has 3 heterocycles. The highest BCUT2D eigenvalue weighted by Gasteiger charge is 2.22. The van der Waals surface area contributed by atoms with Crippen LogP contribution < -0.4 is 5.73 Å². The molecule has 0 unspecified atom stereocenters. The van der Waals surface area contributed by atoms with Gasteiger partial charge >= 0.3 is 0 Å². The number of carbonyl (C=O) groups is 1. The minimum Gasteiger partial charge on any atom is -0.383 e. The number of nitrogen functional groups attached to an aromatic ring is 1. The number of rotatable bonds is 5. The fourth-order valence-electron chi connectivity index (χ4n) is 3.21. The summed E-state index contributed by atoms with van der Waals surface area (Å²) in [6.07, 6.45) is 9.06. The summed E-state index contributed by atoms with van der Waals surface area (Å²) < 4.78 is 14.9. The molecule has 2 N–H and O–H groups in total. The Morgan fingerprint density at radius 1 is 1.11 bits per heavy atom. The molecule has 1 aliphatic rings. The van der Waals surface area contributed by atoms with Crippen molar-refractivity contribution >= 4 is 22.6 Å². The first kappa shape index (κ1) is 23.7. The molecule has 176 valence electrons. The van der Waals surface area contributed by atoms with Crippen LogP contribution in [0.1, 0.15) is 52.3 Å². The Morgan fingerprint density at radius 3 is 2.49 bits per heavy atom. The number of amides is 1. The van der Waals surface area contributed by atoms with E-state index in [0.29, 0.717) is 33.8 Å². The number of anilines is 1. The lowest BCUT2D eigenvalue weighted by Crippen LogP contribution is -2.32. The van der Waals surface area contributed by atoms with Crippen LogP contribution in [0, 0.1) is 24.1 Å². The van der Waals surface area contributed by atoms with E-state index in [4.69, 9.17) is 11.0 Å². The Labute approximate surface area is 202 Å². The van der Waals surface area contributed by atoms with Crippen molar-refractivity contribution in [2.24, 2.45) is 0 Å². The van der Waals surface area contributed by atoms with E-state index in [-0.39, 0.29) is 18.7 Å². The van der Waals surface area contributed by atoms with Crippen LogP contribution in [0.4, 0.5) is 10.2 Å². The first-order valence-corrected chi connectivity index (χ1v) is 11.2. The van der Waals surface area contributed by atoms with Gasteiger partial charge in [-0.1, -0.05) is 19.3 Å². The van der Waals surface area contributed by atoms with Gasteiger partial charge in [0.05, 0.1) is 35.4 Å². The highest BCUT2D eigenvalue weighted by atomic mass is 19.1. The maximum atomic E-state index is 14.9. The van der Waals surface area contributed by atoms with Crippen molar-refractivity contribution in [3.63, 3.8) is 0 Å². The van der Waals surface area contributed by atoms with Crippen molar-refractivity contribution < 1.29 is 9.18 Å². The molecule has 0 atom stereocenters. The molecule has 8 nitrogen and oxygen atoms in total. The fraction of sp³-hybridized carbons (Fsp3) is 0.231. The summed E-state index contributed by atoms with van der Waals surface area (Å²) in [5, 5.41) is 9.58. The van der Waals surface area contributed by atoms with Crippen molar-refractivity contribution in [1.29, 1.82) is 5.26 Å². The number of halogens is 1. The maximum absolute atomic E-state index is 14.9. The molecular formula is C26H24FN7O. The summed E-state index contributed by atoms with van der Waals surface area (Å²) in [6.45, 7) is 1.93. The molecular weight excluding hydrogens is 445 g/mol. The van der Waals surface area contributed by atoms with Crippen molar-refractivity contribution in [2.75, 3.05) is 5.73 Å². The molecule has 4 aromatic rings. The van der Waals surface area contributed by atoms with Crippen LogP contribution in [-0.2, 0) is 13.1 Å². The summed E-state index contributed by atoms with van der Waals surface area (Å²) in [5.74, 6) is -0.533. The Bertz CT molecular complexity index is 1380. The van der Waals surface area contributed by atoms with E-state index < -0.39 is 11.7 Å². The van der Waals surface area contributed by atoms with Crippen LogP contribution in [0.15, 0.2) is 55.0 Å². The molecule has 0 spiro atoms. The average Bonchev–Trinajstić information content (AvgIpc) is 3.75. The van der Waals surface area contributed by atoms with Gasteiger partial charge in [0.2, 0.25) is 0 Å². The first-order valence-electron chi connectivity index (χ1n) is 11.2. The number of aryl methyl sites for hydroxylation is 1. The van der Waals surface area contributed by atoms with E-state index in [1.54, 1.807) is 43.6 Å². The predicted octanol–water partition coefficient (Wildman–Crippen LogP) is 4.33. The maximum Gasteiger partial charge on any atom is 0.257 e. The number of benzene rings is 1. The number of nitrogens with two attached hydrogens (primary N) is 1. The van der Waals surface area contributed by atoms with E-state index in [9.17, 15) is 9.18 Å². The molecule has 9 heteroatoms. The lowest BCUT2D eigenvalue weighted by atomic mass is 10.1. The minimum atomic E-state index is -0.704. The van der Waals surface area contributed by atoms with Crippen LogP contribution in [0.5, 0.6) is 0 Å². The van der Waals surface area contributed by atoms with Gasteiger partial charge in [0, 0.05) is 30.0 Å². The van der Waals surface area contributed by atoms with E-state index in [2.05, 4.69) is 19.9 Å². The SMILES string of the molecule is C1CC1.Cc1cc2cc(C(=O)N(Cc3ccc(C#N)cn3)Cc3ncccn3)c(F)cc2nc1N. The van der Waals surface area contributed by atoms with Crippen molar-refractivity contribution in [2.45, 2.75) is 39.3 Å². The summed E-state index contributed by atoms with van der Waals surface area (Å²) in [6, 6.07) is 11.4. The summed E-state index contributed by atoms with van der Waals surface area (Å²) in [4.78, 5) is 31.6.